The van der Waals surface area contributed by atoms with Gasteiger partial charge in [0.15, 0.2) is 0 Å². The number of nitrogens with one attached hydrogen (secondary N) is 1. The van der Waals surface area contributed by atoms with Gasteiger partial charge in [-0.2, -0.15) is 0 Å². The molecule has 0 aliphatic carbocycles. The molecule has 0 aromatic rings. The van der Waals surface area contributed by atoms with Crippen molar-refractivity contribution in [3.8, 4) is 0 Å². The Morgan fingerprint density at radius 2 is 1.92 bits per heavy atom. The Hall–Kier alpha value is -0.570. The van der Waals surface area contributed by atoms with Gasteiger partial charge in [0, 0.05) is 0 Å². The monoisotopic (exact) mass is 187 g/mol. The molecule has 0 spiro atoms. The van der Waals surface area contributed by atoms with Crippen molar-refractivity contribution in [3.63, 3.8) is 0 Å². The second-order valence-corrected chi connectivity index (χ2v) is 3.64. The fourth-order valence-electron chi connectivity index (χ4n) is 1.18. The van der Waals surface area contributed by atoms with Gasteiger partial charge in [0.25, 0.3) is 0 Å². The molecule has 0 aliphatic rings. The molecule has 0 rings (SSSR count). The average molecular weight is 187 g/mol. The summed E-state index contributed by atoms with van der Waals surface area (Å²) in [6.45, 7) is 7.84. The summed E-state index contributed by atoms with van der Waals surface area (Å²) < 4.78 is 5.12. The van der Waals surface area contributed by atoms with E-state index in [-0.39, 0.29) is 18.1 Å². The van der Waals surface area contributed by atoms with Crippen LogP contribution in [-0.4, -0.2) is 25.2 Å². The Bertz CT molecular complexity index is 157. The number of esters is 1. The number of carbonyl (C=O) groups excluding carboxylic acids is 1. The molecule has 0 aromatic carbocycles. The topological polar surface area (TPSA) is 38.3 Å². The maximum Gasteiger partial charge on any atom is 0.323 e. The summed E-state index contributed by atoms with van der Waals surface area (Å²) in [7, 11) is 1.79. The predicted octanol–water partition coefficient (Wildman–Crippen LogP) is 1.57. The number of ether oxygens (including phenoxy) is 1. The molecule has 0 aliphatic heterocycles. The van der Waals surface area contributed by atoms with Crippen molar-refractivity contribution in [2.75, 3.05) is 7.05 Å². The van der Waals surface area contributed by atoms with E-state index in [0.717, 1.165) is 6.42 Å². The van der Waals surface area contributed by atoms with Crippen LogP contribution in [0, 0.1) is 5.92 Å². The number of hydrogen-bond acceptors (Lipinski definition) is 3. The third-order valence-corrected chi connectivity index (χ3v) is 2.13. The number of likely N-dealkylation sites (N-methyl/N-ethyl adjacent to an activating group) is 1. The summed E-state index contributed by atoms with van der Waals surface area (Å²) in [6.07, 6.45) is 0.936. The highest BCUT2D eigenvalue weighted by Gasteiger charge is 2.23. The molecule has 13 heavy (non-hydrogen) atoms. The van der Waals surface area contributed by atoms with Gasteiger partial charge >= 0.3 is 5.97 Å². The second kappa shape index (κ2) is 5.97. The Labute approximate surface area is 80.8 Å². The van der Waals surface area contributed by atoms with Crippen LogP contribution >= 0.6 is 0 Å². The Kier molecular flexibility index (Phi) is 5.71. The van der Waals surface area contributed by atoms with Crippen LogP contribution in [0.3, 0.4) is 0 Å². The van der Waals surface area contributed by atoms with Gasteiger partial charge in [0.1, 0.15) is 6.04 Å². The largest absolute Gasteiger partial charge is 0.462 e. The lowest BCUT2D eigenvalue weighted by Gasteiger charge is -2.21. The van der Waals surface area contributed by atoms with Crippen LogP contribution in [0.25, 0.3) is 0 Å². The van der Waals surface area contributed by atoms with Crippen LogP contribution in [0.1, 0.15) is 34.1 Å². The summed E-state index contributed by atoms with van der Waals surface area (Å²) in [6, 6.07) is -0.174. The molecule has 0 fully saturated rings. The first-order valence-corrected chi connectivity index (χ1v) is 4.90. The van der Waals surface area contributed by atoms with Gasteiger partial charge in [-0.3, -0.25) is 4.79 Å². The minimum absolute atomic E-state index is 0.0348. The molecule has 0 saturated carbocycles. The average Bonchev–Trinajstić information content (AvgIpc) is 2.03. The predicted molar refractivity (Wildman–Crippen MR) is 53.5 cm³/mol. The van der Waals surface area contributed by atoms with E-state index in [2.05, 4.69) is 12.2 Å². The molecular weight excluding hydrogens is 166 g/mol. The zero-order valence-electron chi connectivity index (χ0n) is 9.26. The van der Waals surface area contributed by atoms with Crippen LogP contribution < -0.4 is 5.32 Å². The second-order valence-electron chi connectivity index (χ2n) is 3.64. The summed E-state index contributed by atoms with van der Waals surface area (Å²) in [5.41, 5.74) is 0. The van der Waals surface area contributed by atoms with E-state index in [4.69, 9.17) is 4.74 Å². The number of rotatable bonds is 5. The van der Waals surface area contributed by atoms with Gasteiger partial charge in [-0.05, 0) is 26.8 Å². The number of carbonyl (C=O) groups is 1. The lowest BCUT2D eigenvalue weighted by atomic mass is 9.99. The van der Waals surface area contributed by atoms with E-state index in [1.807, 2.05) is 20.8 Å². The summed E-state index contributed by atoms with van der Waals surface area (Å²) in [5, 5.41) is 2.98. The first kappa shape index (κ1) is 12.4. The van der Waals surface area contributed by atoms with Crippen LogP contribution in [0.4, 0.5) is 0 Å². The van der Waals surface area contributed by atoms with Crippen LogP contribution in [0.15, 0.2) is 0 Å². The van der Waals surface area contributed by atoms with Gasteiger partial charge in [-0.15, -0.1) is 0 Å². The quantitative estimate of drug-likeness (QED) is 0.664. The lowest BCUT2D eigenvalue weighted by molar-refractivity contribution is -0.151. The van der Waals surface area contributed by atoms with Crippen molar-refractivity contribution in [2.24, 2.45) is 5.92 Å². The van der Waals surface area contributed by atoms with Crippen molar-refractivity contribution in [2.45, 2.75) is 46.3 Å². The summed E-state index contributed by atoms with van der Waals surface area (Å²) in [4.78, 5) is 11.5. The molecule has 1 unspecified atom stereocenters. The van der Waals surface area contributed by atoms with Crippen molar-refractivity contribution in [1.29, 1.82) is 0 Å². The fourth-order valence-corrected chi connectivity index (χ4v) is 1.18. The normalized spacial score (nSPS) is 15.5. The van der Waals surface area contributed by atoms with E-state index in [1.165, 1.54) is 0 Å². The van der Waals surface area contributed by atoms with E-state index < -0.39 is 0 Å². The van der Waals surface area contributed by atoms with Gasteiger partial charge in [0.2, 0.25) is 0 Å². The van der Waals surface area contributed by atoms with Gasteiger partial charge in [-0.1, -0.05) is 20.3 Å². The molecule has 0 radical (unpaired) electrons. The lowest BCUT2D eigenvalue weighted by Crippen LogP contribution is -2.41. The van der Waals surface area contributed by atoms with E-state index in [1.54, 1.807) is 7.05 Å². The van der Waals surface area contributed by atoms with Gasteiger partial charge in [-0.25, -0.2) is 0 Å². The SMILES string of the molecule is CCC(C)[C@H](NC)C(=O)OC(C)C. The van der Waals surface area contributed by atoms with Crippen LogP contribution in [0.5, 0.6) is 0 Å². The highest BCUT2D eigenvalue weighted by Crippen LogP contribution is 2.09. The Morgan fingerprint density at radius 3 is 2.23 bits per heavy atom. The fraction of sp³-hybridized carbons (Fsp3) is 0.900. The van der Waals surface area contributed by atoms with E-state index >= 15 is 0 Å². The third-order valence-electron chi connectivity index (χ3n) is 2.13. The molecule has 78 valence electrons. The first-order chi connectivity index (χ1) is 6.02. The molecule has 3 heteroatoms. The van der Waals surface area contributed by atoms with Gasteiger partial charge in [0.05, 0.1) is 6.10 Å². The standard InChI is InChI=1S/C10H21NO2/c1-6-8(4)9(11-5)10(12)13-7(2)3/h7-9,11H,6H2,1-5H3/t8?,9-/m0/s1. The van der Waals surface area contributed by atoms with Crippen LogP contribution in [0.2, 0.25) is 0 Å². The third kappa shape index (κ3) is 4.27. The van der Waals surface area contributed by atoms with Crippen molar-refractivity contribution >= 4 is 5.97 Å². The summed E-state index contributed by atoms with van der Waals surface area (Å²) >= 11 is 0. The maximum atomic E-state index is 11.5. The molecule has 0 saturated heterocycles. The minimum Gasteiger partial charge on any atom is -0.462 e. The summed E-state index contributed by atoms with van der Waals surface area (Å²) in [5.74, 6) is 0.170. The first-order valence-electron chi connectivity index (χ1n) is 4.90. The minimum atomic E-state index is -0.174. The zero-order chi connectivity index (χ0) is 10.4. The molecule has 2 atom stereocenters. The molecule has 0 heterocycles. The molecule has 3 nitrogen and oxygen atoms in total. The van der Waals surface area contributed by atoms with E-state index in [9.17, 15) is 4.79 Å². The molecule has 0 aromatic heterocycles. The van der Waals surface area contributed by atoms with Crippen molar-refractivity contribution < 1.29 is 9.53 Å². The smallest absolute Gasteiger partial charge is 0.323 e. The zero-order valence-corrected chi connectivity index (χ0v) is 9.26. The van der Waals surface area contributed by atoms with E-state index in [0.29, 0.717) is 5.92 Å². The molecule has 0 bridgehead atoms. The van der Waals surface area contributed by atoms with Gasteiger partial charge < -0.3 is 10.1 Å². The van der Waals surface area contributed by atoms with Crippen molar-refractivity contribution in [1.82, 2.24) is 5.32 Å². The number of hydrogen-bond donors (Lipinski definition) is 1. The maximum absolute atomic E-state index is 11.5. The van der Waals surface area contributed by atoms with Crippen molar-refractivity contribution in [3.05, 3.63) is 0 Å². The molecule has 1 N–H and O–H groups in total. The molecule has 0 amide bonds. The highest BCUT2D eigenvalue weighted by molar-refractivity contribution is 5.76. The highest BCUT2D eigenvalue weighted by atomic mass is 16.5. The molecular formula is C10H21NO2. The Balaban J connectivity index is 4.15. The Morgan fingerprint density at radius 1 is 1.38 bits per heavy atom. The van der Waals surface area contributed by atoms with Crippen LogP contribution in [-0.2, 0) is 9.53 Å².